The Bertz CT molecular complexity index is 1250. The highest BCUT2D eigenvalue weighted by Gasteiger charge is 2.22. The maximum atomic E-state index is 13.0. The highest BCUT2D eigenvalue weighted by Crippen LogP contribution is 2.25. The van der Waals surface area contributed by atoms with E-state index in [4.69, 9.17) is 9.15 Å². The molecule has 1 amide bonds. The molecule has 4 aromatic rings. The van der Waals surface area contributed by atoms with Gasteiger partial charge in [-0.3, -0.25) is 4.79 Å². The number of benzene rings is 2. The molecule has 2 aromatic heterocycles. The number of hydrogen-bond donors (Lipinski definition) is 0. The molecule has 3 heterocycles. The van der Waals surface area contributed by atoms with Crippen molar-refractivity contribution >= 4 is 22.5 Å². The number of carbonyl (C=O) groups excluding carboxylic acids is 1. The number of amides is 1. The first-order valence-electron chi connectivity index (χ1n) is 10.7. The van der Waals surface area contributed by atoms with E-state index < -0.39 is 0 Å². The molecule has 0 saturated carbocycles. The van der Waals surface area contributed by atoms with Gasteiger partial charge in [0.1, 0.15) is 12.3 Å². The molecule has 0 radical (unpaired) electrons. The molecule has 8 nitrogen and oxygen atoms in total. The lowest BCUT2D eigenvalue weighted by Gasteiger charge is -2.36. The molecule has 2 aromatic carbocycles. The standard InChI is InChI=1S/C24H25N5O3/c1-17-25-26-24(32-17)19-7-6-18-8-9-29(22(18)14-19)16-23(30)28-12-10-27(11-13-28)20-4-3-5-21(15-20)31-2/h3-9,14-15H,10-13,16H2,1-2H3. The zero-order chi connectivity index (χ0) is 22.1. The van der Waals surface area contributed by atoms with E-state index in [0.29, 0.717) is 31.4 Å². The fourth-order valence-electron chi connectivity index (χ4n) is 4.13. The summed E-state index contributed by atoms with van der Waals surface area (Å²) in [4.78, 5) is 17.3. The van der Waals surface area contributed by atoms with Crippen molar-refractivity contribution in [1.82, 2.24) is 19.7 Å². The van der Waals surface area contributed by atoms with E-state index in [-0.39, 0.29) is 5.91 Å². The van der Waals surface area contributed by atoms with Gasteiger partial charge in [-0.15, -0.1) is 10.2 Å². The van der Waals surface area contributed by atoms with Gasteiger partial charge < -0.3 is 23.5 Å². The molecule has 32 heavy (non-hydrogen) atoms. The molecule has 0 N–H and O–H groups in total. The molecule has 1 aliphatic heterocycles. The molecule has 1 saturated heterocycles. The van der Waals surface area contributed by atoms with Gasteiger partial charge in [0.25, 0.3) is 0 Å². The Balaban J connectivity index is 1.27. The quantitative estimate of drug-likeness (QED) is 0.482. The first-order valence-corrected chi connectivity index (χ1v) is 10.7. The van der Waals surface area contributed by atoms with Gasteiger partial charge in [-0.05, 0) is 35.7 Å². The van der Waals surface area contributed by atoms with E-state index in [1.807, 2.05) is 58.1 Å². The minimum absolute atomic E-state index is 0.117. The summed E-state index contributed by atoms with van der Waals surface area (Å²) in [6.07, 6.45) is 1.96. The average molecular weight is 431 g/mol. The topological polar surface area (TPSA) is 76.6 Å². The molecule has 1 aliphatic rings. The number of methoxy groups -OCH3 is 1. The van der Waals surface area contributed by atoms with Crippen LogP contribution in [0.25, 0.3) is 22.4 Å². The van der Waals surface area contributed by atoms with Gasteiger partial charge in [0.15, 0.2) is 0 Å². The van der Waals surface area contributed by atoms with Crippen molar-refractivity contribution in [3.8, 4) is 17.2 Å². The molecule has 0 aliphatic carbocycles. The van der Waals surface area contributed by atoms with E-state index in [1.54, 1.807) is 14.0 Å². The molecular weight excluding hydrogens is 406 g/mol. The molecule has 0 unspecified atom stereocenters. The molecule has 0 bridgehead atoms. The SMILES string of the molecule is COc1cccc(N2CCN(C(=O)Cn3ccc4ccc(-c5nnc(C)o5)cc43)CC2)c1. The Morgan fingerprint density at radius 1 is 1.06 bits per heavy atom. The number of piperazine rings is 1. The highest BCUT2D eigenvalue weighted by atomic mass is 16.5. The van der Waals surface area contributed by atoms with Crippen LogP contribution in [-0.2, 0) is 11.3 Å². The van der Waals surface area contributed by atoms with E-state index in [2.05, 4.69) is 21.2 Å². The predicted molar refractivity (Wildman–Crippen MR) is 122 cm³/mol. The van der Waals surface area contributed by atoms with Crippen LogP contribution in [0, 0.1) is 6.92 Å². The summed E-state index contributed by atoms with van der Waals surface area (Å²) in [6.45, 7) is 5.06. The van der Waals surface area contributed by atoms with Crippen LogP contribution in [-0.4, -0.2) is 58.9 Å². The van der Waals surface area contributed by atoms with Crippen LogP contribution in [0.5, 0.6) is 5.75 Å². The Labute approximate surface area is 186 Å². The van der Waals surface area contributed by atoms with Crippen molar-refractivity contribution in [1.29, 1.82) is 0 Å². The highest BCUT2D eigenvalue weighted by molar-refractivity contribution is 5.86. The Morgan fingerprint density at radius 3 is 2.66 bits per heavy atom. The summed E-state index contributed by atoms with van der Waals surface area (Å²) in [5.41, 5.74) is 2.94. The van der Waals surface area contributed by atoms with Crippen molar-refractivity contribution in [2.24, 2.45) is 0 Å². The maximum absolute atomic E-state index is 13.0. The van der Waals surface area contributed by atoms with Crippen LogP contribution < -0.4 is 9.64 Å². The summed E-state index contributed by atoms with van der Waals surface area (Å²) in [7, 11) is 1.67. The number of ether oxygens (including phenoxy) is 1. The summed E-state index contributed by atoms with van der Waals surface area (Å²) >= 11 is 0. The monoisotopic (exact) mass is 431 g/mol. The first-order chi connectivity index (χ1) is 15.6. The van der Waals surface area contributed by atoms with E-state index in [9.17, 15) is 4.79 Å². The van der Waals surface area contributed by atoms with Gasteiger partial charge in [-0.1, -0.05) is 12.1 Å². The minimum Gasteiger partial charge on any atom is -0.497 e. The van der Waals surface area contributed by atoms with Gasteiger partial charge in [0, 0.05) is 62.1 Å². The number of nitrogens with zero attached hydrogens (tertiary/aromatic N) is 5. The molecule has 5 rings (SSSR count). The molecule has 0 atom stereocenters. The fraction of sp³-hybridized carbons (Fsp3) is 0.292. The second kappa shape index (κ2) is 8.37. The van der Waals surface area contributed by atoms with E-state index in [0.717, 1.165) is 41.0 Å². The zero-order valence-electron chi connectivity index (χ0n) is 18.2. The van der Waals surface area contributed by atoms with Gasteiger partial charge >= 0.3 is 0 Å². The first kappa shape index (κ1) is 20.1. The summed E-state index contributed by atoms with van der Waals surface area (Å²) in [5.74, 6) is 1.97. The molecular formula is C24H25N5O3. The van der Waals surface area contributed by atoms with Crippen LogP contribution in [0.4, 0.5) is 5.69 Å². The summed E-state index contributed by atoms with van der Waals surface area (Å²) in [5, 5.41) is 9.08. The van der Waals surface area contributed by atoms with E-state index in [1.165, 1.54) is 0 Å². The molecule has 0 spiro atoms. The zero-order valence-corrected chi connectivity index (χ0v) is 18.2. The van der Waals surface area contributed by atoms with Crippen molar-refractivity contribution in [2.45, 2.75) is 13.5 Å². The van der Waals surface area contributed by atoms with Gasteiger partial charge in [-0.25, -0.2) is 0 Å². The van der Waals surface area contributed by atoms with Gasteiger partial charge in [0.2, 0.25) is 17.7 Å². The van der Waals surface area contributed by atoms with Crippen LogP contribution >= 0.6 is 0 Å². The molecule has 1 fully saturated rings. The van der Waals surface area contributed by atoms with Gasteiger partial charge in [-0.2, -0.15) is 0 Å². The normalized spacial score (nSPS) is 14.2. The number of hydrogen-bond acceptors (Lipinski definition) is 6. The number of aryl methyl sites for hydroxylation is 1. The Morgan fingerprint density at radius 2 is 1.91 bits per heavy atom. The number of fused-ring (bicyclic) bond motifs is 1. The third kappa shape index (κ3) is 3.91. The van der Waals surface area contributed by atoms with Crippen molar-refractivity contribution in [2.75, 3.05) is 38.2 Å². The largest absolute Gasteiger partial charge is 0.497 e. The lowest BCUT2D eigenvalue weighted by molar-refractivity contribution is -0.132. The number of carbonyl (C=O) groups is 1. The number of aromatic nitrogens is 3. The lowest BCUT2D eigenvalue weighted by Crippen LogP contribution is -2.49. The lowest BCUT2D eigenvalue weighted by atomic mass is 10.1. The number of anilines is 1. The Kier molecular flexibility index (Phi) is 5.26. The smallest absolute Gasteiger partial charge is 0.247 e. The predicted octanol–water partition coefficient (Wildman–Crippen LogP) is 3.36. The average Bonchev–Trinajstić information content (AvgIpc) is 3.45. The number of rotatable bonds is 5. The van der Waals surface area contributed by atoms with Gasteiger partial charge in [0.05, 0.1) is 7.11 Å². The summed E-state index contributed by atoms with van der Waals surface area (Å²) < 4.78 is 12.9. The van der Waals surface area contributed by atoms with Crippen LogP contribution in [0.15, 0.2) is 59.1 Å². The third-order valence-electron chi connectivity index (χ3n) is 5.90. The summed E-state index contributed by atoms with van der Waals surface area (Å²) in [6, 6.07) is 16.0. The van der Waals surface area contributed by atoms with E-state index >= 15 is 0 Å². The Hall–Kier alpha value is -3.81. The molecule has 8 heteroatoms. The molecule has 164 valence electrons. The second-order valence-corrected chi connectivity index (χ2v) is 7.91. The second-order valence-electron chi connectivity index (χ2n) is 7.91. The third-order valence-corrected chi connectivity index (χ3v) is 5.90. The van der Waals surface area contributed by atoms with Crippen LogP contribution in [0.2, 0.25) is 0 Å². The van der Waals surface area contributed by atoms with Crippen LogP contribution in [0.1, 0.15) is 5.89 Å². The van der Waals surface area contributed by atoms with Crippen molar-refractivity contribution < 1.29 is 13.9 Å². The fourth-order valence-corrected chi connectivity index (χ4v) is 4.13. The van der Waals surface area contributed by atoms with Crippen LogP contribution in [0.3, 0.4) is 0 Å². The van der Waals surface area contributed by atoms with Crippen molar-refractivity contribution in [3.63, 3.8) is 0 Å². The minimum atomic E-state index is 0.117. The maximum Gasteiger partial charge on any atom is 0.247 e. The van der Waals surface area contributed by atoms with Crippen molar-refractivity contribution in [3.05, 3.63) is 60.6 Å².